The maximum atomic E-state index is 6.51. The number of rotatable bonds is 6. The van der Waals surface area contributed by atoms with Crippen molar-refractivity contribution in [3.63, 3.8) is 0 Å². The van der Waals surface area contributed by atoms with Gasteiger partial charge in [-0.15, -0.1) is 48.1 Å². The number of benzene rings is 4. The summed E-state index contributed by atoms with van der Waals surface area (Å²) in [4.78, 5) is 13.7. The van der Waals surface area contributed by atoms with Gasteiger partial charge in [0.1, 0.15) is 5.82 Å². The third kappa shape index (κ3) is 6.21. The topological polar surface area (TPSA) is 46.4 Å². The van der Waals surface area contributed by atoms with E-state index in [-0.39, 0.29) is 26.5 Å². The molecule has 0 spiro atoms. The number of aryl methyl sites for hydroxylation is 2. The third-order valence-electron chi connectivity index (χ3n) is 9.58. The van der Waals surface area contributed by atoms with Crippen LogP contribution >= 0.6 is 0 Å². The number of hydrogen-bond acceptors (Lipinski definition) is 5. The van der Waals surface area contributed by atoms with E-state index in [9.17, 15) is 0 Å². The molecule has 4 aromatic carbocycles. The van der Waals surface area contributed by atoms with Crippen LogP contribution in [0.2, 0.25) is 0 Å². The van der Waals surface area contributed by atoms with E-state index in [2.05, 4.69) is 147 Å². The Morgan fingerprint density at radius 3 is 2.29 bits per heavy atom. The van der Waals surface area contributed by atoms with Crippen molar-refractivity contribution in [1.82, 2.24) is 14.5 Å². The molecular formula is C44H40N5OPt-3. The summed E-state index contributed by atoms with van der Waals surface area (Å²) in [6.45, 7) is 17.6. The first-order valence-corrected chi connectivity index (χ1v) is 17.2. The largest absolute Gasteiger partial charge is 0.509 e. The molecule has 0 amide bonds. The third-order valence-corrected chi connectivity index (χ3v) is 9.58. The Hall–Kier alpha value is -4.93. The van der Waals surface area contributed by atoms with Crippen molar-refractivity contribution >= 4 is 44.6 Å². The summed E-state index contributed by atoms with van der Waals surface area (Å²) in [5.74, 6) is 2.53. The first-order valence-electron chi connectivity index (χ1n) is 17.2. The minimum Gasteiger partial charge on any atom is -0.509 e. The van der Waals surface area contributed by atoms with Gasteiger partial charge >= 0.3 is 0 Å². The van der Waals surface area contributed by atoms with Gasteiger partial charge in [0.15, 0.2) is 0 Å². The quantitative estimate of drug-likeness (QED) is 0.156. The maximum absolute atomic E-state index is 6.51. The molecule has 6 nitrogen and oxygen atoms in total. The van der Waals surface area contributed by atoms with Crippen molar-refractivity contribution in [2.24, 2.45) is 0 Å². The Labute approximate surface area is 315 Å². The van der Waals surface area contributed by atoms with Crippen LogP contribution in [0.25, 0.3) is 27.6 Å². The molecule has 4 heterocycles. The second-order valence-corrected chi connectivity index (χ2v) is 14.5. The fourth-order valence-corrected chi connectivity index (χ4v) is 7.01. The second-order valence-electron chi connectivity index (χ2n) is 14.5. The molecule has 0 bridgehead atoms. The molecule has 3 aromatic heterocycles. The molecule has 7 heteroatoms. The Morgan fingerprint density at radius 1 is 0.765 bits per heavy atom. The monoisotopic (exact) mass is 849 g/mol. The van der Waals surface area contributed by atoms with Gasteiger partial charge in [-0.3, -0.25) is 4.98 Å². The van der Waals surface area contributed by atoms with Crippen LogP contribution in [-0.4, -0.2) is 14.5 Å². The van der Waals surface area contributed by atoms with Crippen molar-refractivity contribution in [2.75, 3.05) is 9.80 Å². The number of para-hydroxylation sites is 1. The van der Waals surface area contributed by atoms with Gasteiger partial charge < -0.3 is 19.1 Å². The Morgan fingerprint density at radius 2 is 1.53 bits per heavy atom. The van der Waals surface area contributed by atoms with Crippen LogP contribution in [0, 0.1) is 32.6 Å². The van der Waals surface area contributed by atoms with Crippen molar-refractivity contribution in [2.45, 2.75) is 59.8 Å². The summed E-state index contributed by atoms with van der Waals surface area (Å²) in [6.07, 6.45) is 5.66. The van der Waals surface area contributed by atoms with Crippen LogP contribution in [0.4, 0.5) is 22.7 Å². The molecule has 0 saturated carbocycles. The zero-order valence-electron chi connectivity index (χ0n) is 29.9. The van der Waals surface area contributed by atoms with Crippen LogP contribution in [0.3, 0.4) is 0 Å². The first-order chi connectivity index (χ1) is 24.1. The van der Waals surface area contributed by atoms with Crippen molar-refractivity contribution in [3.05, 3.63) is 145 Å². The summed E-state index contributed by atoms with van der Waals surface area (Å²) >= 11 is 0. The summed E-state index contributed by atoms with van der Waals surface area (Å²) in [7, 11) is 0. The van der Waals surface area contributed by atoms with E-state index >= 15 is 0 Å². The summed E-state index contributed by atoms with van der Waals surface area (Å²) < 4.78 is 8.70. The van der Waals surface area contributed by atoms with Gasteiger partial charge in [-0.25, -0.2) is 4.98 Å². The summed E-state index contributed by atoms with van der Waals surface area (Å²) in [5, 5.41) is 2.24. The molecule has 0 unspecified atom stereocenters. The fraction of sp³-hybridized carbons (Fsp3) is 0.205. The molecule has 260 valence electrons. The molecule has 7 aromatic rings. The summed E-state index contributed by atoms with van der Waals surface area (Å²) in [6, 6.07) is 36.5. The number of fused-ring (bicyclic) bond motifs is 4. The number of ether oxygens (including phenoxy) is 1. The van der Waals surface area contributed by atoms with Crippen molar-refractivity contribution in [3.8, 4) is 17.3 Å². The van der Waals surface area contributed by atoms with Crippen LogP contribution < -0.4 is 14.5 Å². The van der Waals surface area contributed by atoms with E-state index in [1.54, 1.807) is 0 Å². The van der Waals surface area contributed by atoms with Gasteiger partial charge in [0.2, 0.25) is 0 Å². The minimum atomic E-state index is -0.00778. The Bertz CT molecular complexity index is 2380. The van der Waals surface area contributed by atoms with Gasteiger partial charge in [0, 0.05) is 61.8 Å². The molecular weight excluding hydrogens is 810 g/mol. The number of nitrogens with zero attached hydrogens (tertiary/aromatic N) is 5. The maximum Gasteiger partial charge on any atom is 0.135 e. The van der Waals surface area contributed by atoms with Gasteiger partial charge in [-0.2, -0.15) is 12.1 Å². The summed E-state index contributed by atoms with van der Waals surface area (Å²) in [5.41, 5.74) is 11.1. The van der Waals surface area contributed by atoms with E-state index < -0.39 is 0 Å². The van der Waals surface area contributed by atoms with E-state index in [4.69, 9.17) is 9.72 Å². The van der Waals surface area contributed by atoms with Crippen molar-refractivity contribution in [1.29, 1.82) is 0 Å². The zero-order valence-corrected chi connectivity index (χ0v) is 32.2. The molecule has 0 fully saturated rings. The zero-order chi connectivity index (χ0) is 34.7. The molecule has 0 N–H and O–H groups in total. The molecule has 0 atom stereocenters. The van der Waals surface area contributed by atoms with Gasteiger partial charge in [-0.05, 0) is 77.1 Å². The first kappa shape index (κ1) is 34.5. The van der Waals surface area contributed by atoms with E-state index in [0.29, 0.717) is 17.4 Å². The van der Waals surface area contributed by atoms with Gasteiger partial charge in [-0.1, -0.05) is 70.5 Å². The number of pyridine rings is 2. The second kappa shape index (κ2) is 13.3. The molecule has 0 radical (unpaired) electrons. The fourth-order valence-electron chi connectivity index (χ4n) is 7.01. The van der Waals surface area contributed by atoms with Gasteiger partial charge in [0.25, 0.3) is 0 Å². The molecule has 0 saturated heterocycles. The molecule has 0 aliphatic carbocycles. The number of anilines is 4. The predicted molar refractivity (Wildman–Crippen MR) is 204 cm³/mol. The standard InChI is InChI=1S/C44H40N5O.Pt/c1-28(2)31-21-29(3)43(30(4)22-31)48-27-47(39-18-19-45-26-41(39)48)33-11-10-12-34(24-33)50-35-15-16-37-36-13-8-9-14-38(36)49(40(37)25-35)42-23-32(17-20-46-42)44(5,6)7;/h8-23,26-28H,1-7H3;/q-3;. The van der Waals surface area contributed by atoms with Crippen LogP contribution in [0.15, 0.2) is 104 Å². The average Bonchev–Trinajstić information content (AvgIpc) is 3.64. The van der Waals surface area contributed by atoms with E-state index in [1.165, 1.54) is 27.9 Å². The minimum absolute atomic E-state index is 0. The van der Waals surface area contributed by atoms with E-state index in [0.717, 1.165) is 44.7 Å². The van der Waals surface area contributed by atoms with Crippen LogP contribution in [0.5, 0.6) is 11.5 Å². The predicted octanol–water partition coefficient (Wildman–Crippen LogP) is 11.4. The van der Waals surface area contributed by atoms with E-state index in [1.807, 2.05) is 42.9 Å². The molecule has 51 heavy (non-hydrogen) atoms. The number of hydrogen-bond donors (Lipinski definition) is 0. The number of aromatic nitrogens is 3. The van der Waals surface area contributed by atoms with Crippen LogP contribution in [0.1, 0.15) is 62.8 Å². The molecule has 1 aliphatic heterocycles. The Balaban J connectivity index is 0.00000406. The van der Waals surface area contributed by atoms with Crippen molar-refractivity contribution < 1.29 is 25.8 Å². The van der Waals surface area contributed by atoms with Crippen LogP contribution in [-0.2, 0) is 26.5 Å². The Kier molecular flexibility index (Phi) is 9.01. The molecule has 1 aliphatic rings. The average molecular weight is 850 g/mol. The smallest absolute Gasteiger partial charge is 0.135 e. The SMILES string of the molecule is Cc1cc(C(C)C)cc(C)c1N1[CH-]N(c2[c-]c(Oc3[c-]c4c(cc3)c3ccccc3n4-c3cc(C(C)(C)C)ccn3)ccc2)c2ccncc21.[Pt]. The molecule has 8 rings (SSSR count). The normalized spacial score (nSPS) is 12.9. The van der Waals surface area contributed by atoms with Gasteiger partial charge in [0.05, 0.1) is 11.9 Å².